The Hall–Kier alpha value is -0.570. The predicted molar refractivity (Wildman–Crippen MR) is 51.0 cm³/mol. The van der Waals surface area contributed by atoms with Crippen LogP contribution < -0.4 is 0 Å². The molecule has 13 heavy (non-hydrogen) atoms. The Balaban J connectivity index is 3.71. The maximum atomic E-state index is 11.2. The van der Waals surface area contributed by atoms with Crippen LogP contribution in [0.25, 0.3) is 0 Å². The molecule has 78 valence electrons. The zero-order valence-electron chi connectivity index (χ0n) is 9.22. The quantitative estimate of drug-likeness (QED) is 0.502. The van der Waals surface area contributed by atoms with Crippen molar-refractivity contribution >= 4 is 5.97 Å². The summed E-state index contributed by atoms with van der Waals surface area (Å²) in [6.07, 6.45) is 1.90. The third kappa shape index (κ3) is 5.64. The van der Waals surface area contributed by atoms with Gasteiger partial charge in [0.05, 0.1) is 5.41 Å². The summed E-state index contributed by atoms with van der Waals surface area (Å²) in [6, 6.07) is 0. The average Bonchev–Trinajstić information content (AvgIpc) is 1.99. The molecule has 0 aromatic heterocycles. The van der Waals surface area contributed by atoms with Gasteiger partial charge in [-0.2, -0.15) is 4.89 Å². The molecule has 0 aliphatic carbocycles. The monoisotopic (exact) mass is 188 g/mol. The summed E-state index contributed by atoms with van der Waals surface area (Å²) in [7, 11) is 0. The summed E-state index contributed by atoms with van der Waals surface area (Å²) in [5.41, 5.74) is -0.494. The lowest BCUT2D eigenvalue weighted by molar-refractivity contribution is -0.301. The van der Waals surface area contributed by atoms with Gasteiger partial charge in [-0.1, -0.05) is 13.3 Å². The van der Waals surface area contributed by atoms with Crippen LogP contribution in [-0.2, 0) is 14.6 Å². The second kappa shape index (κ2) is 5.22. The highest BCUT2D eigenvalue weighted by Gasteiger charge is 2.24. The van der Waals surface area contributed by atoms with Crippen LogP contribution >= 0.6 is 0 Å². The van der Waals surface area contributed by atoms with Gasteiger partial charge in [-0.25, -0.2) is 4.79 Å². The second-order valence-electron chi connectivity index (χ2n) is 4.32. The minimum Gasteiger partial charge on any atom is -0.297 e. The van der Waals surface area contributed by atoms with Gasteiger partial charge < -0.3 is 0 Å². The molecule has 0 aromatic carbocycles. The van der Waals surface area contributed by atoms with Gasteiger partial charge in [0.15, 0.2) is 0 Å². The molecule has 0 bridgehead atoms. The molecule has 0 rings (SSSR count). The fraction of sp³-hybridized carbons (Fsp3) is 0.900. The zero-order chi connectivity index (χ0) is 10.5. The lowest BCUT2D eigenvalue weighted by atomic mass is 9.98. The molecule has 0 aromatic rings. The SMILES string of the molecule is CCCC(C)OOC(=O)C(C)(C)C. The van der Waals surface area contributed by atoms with E-state index in [1.807, 2.05) is 6.92 Å². The molecule has 3 nitrogen and oxygen atoms in total. The molecule has 0 aliphatic rings. The van der Waals surface area contributed by atoms with E-state index < -0.39 is 5.41 Å². The first-order valence-corrected chi connectivity index (χ1v) is 4.75. The number of carbonyl (C=O) groups excluding carboxylic acids is 1. The molecular formula is C10H20O3. The molecule has 0 saturated carbocycles. The summed E-state index contributed by atoms with van der Waals surface area (Å²) in [6.45, 7) is 9.33. The predicted octanol–water partition coefficient (Wildman–Crippen LogP) is 2.70. The third-order valence-corrected chi connectivity index (χ3v) is 1.60. The molecule has 0 heterocycles. The summed E-state index contributed by atoms with van der Waals surface area (Å²) < 4.78 is 0. The third-order valence-electron chi connectivity index (χ3n) is 1.60. The van der Waals surface area contributed by atoms with Crippen LogP contribution in [0.2, 0.25) is 0 Å². The number of rotatable bonds is 4. The van der Waals surface area contributed by atoms with E-state index in [0.717, 1.165) is 12.8 Å². The second-order valence-corrected chi connectivity index (χ2v) is 4.32. The first-order chi connectivity index (χ1) is 5.88. The van der Waals surface area contributed by atoms with Crippen LogP contribution in [0.1, 0.15) is 47.5 Å². The highest BCUT2D eigenvalue weighted by Crippen LogP contribution is 2.16. The Morgan fingerprint density at radius 3 is 2.31 bits per heavy atom. The minimum atomic E-state index is -0.494. The lowest BCUT2D eigenvalue weighted by Crippen LogP contribution is -2.25. The van der Waals surface area contributed by atoms with Gasteiger partial charge in [0.1, 0.15) is 6.10 Å². The molecule has 0 N–H and O–H groups in total. The van der Waals surface area contributed by atoms with E-state index >= 15 is 0 Å². The molecule has 0 spiro atoms. The number of hydrogen-bond acceptors (Lipinski definition) is 3. The fourth-order valence-electron chi connectivity index (χ4n) is 0.705. The maximum absolute atomic E-state index is 11.2. The molecule has 0 amide bonds. The van der Waals surface area contributed by atoms with Gasteiger partial charge in [0.2, 0.25) is 0 Å². The summed E-state index contributed by atoms with van der Waals surface area (Å²) in [4.78, 5) is 20.8. The van der Waals surface area contributed by atoms with E-state index in [0.29, 0.717) is 0 Å². The average molecular weight is 188 g/mol. The van der Waals surface area contributed by atoms with Crippen molar-refractivity contribution in [2.24, 2.45) is 5.41 Å². The summed E-state index contributed by atoms with van der Waals surface area (Å²) in [5.74, 6) is -0.324. The molecule has 0 fully saturated rings. The van der Waals surface area contributed by atoms with Crippen molar-refractivity contribution in [1.29, 1.82) is 0 Å². The van der Waals surface area contributed by atoms with Gasteiger partial charge >= 0.3 is 5.97 Å². The standard InChI is InChI=1S/C10H20O3/c1-6-7-8(2)12-13-9(11)10(3,4)5/h8H,6-7H2,1-5H3. The maximum Gasteiger partial charge on any atom is 0.347 e. The van der Waals surface area contributed by atoms with Crippen LogP contribution in [0.4, 0.5) is 0 Å². The van der Waals surface area contributed by atoms with E-state index in [2.05, 4.69) is 11.8 Å². The Morgan fingerprint density at radius 1 is 1.38 bits per heavy atom. The largest absolute Gasteiger partial charge is 0.347 e. The van der Waals surface area contributed by atoms with Crippen molar-refractivity contribution in [2.45, 2.75) is 53.6 Å². The molecule has 0 aliphatic heterocycles. The van der Waals surface area contributed by atoms with Gasteiger partial charge in [-0.15, -0.1) is 0 Å². The number of hydrogen-bond donors (Lipinski definition) is 0. The van der Waals surface area contributed by atoms with Crippen LogP contribution in [0, 0.1) is 5.41 Å². The van der Waals surface area contributed by atoms with Gasteiger partial charge in [-0.3, -0.25) is 4.89 Å². The topological polar surface area (TPSA) is 35.5 Å². The van der Waals surface area contributed by atoms with Crippen molar-refractivity contribution in [3.05, 3.63) is 0 Å². The minimum absolute atomic E-state index is 0.0173. The van der Waals surface area contributed by atoms with Crippen LogP contribution in [0.15, 0.2) is 0 Å². The summed E-state index contributed by atoms with van der Waals surface area (Å²) in [5, 5.41) is 0. The van der Waals surface area contributed by atoms with Crippen molar-refractivity contribution in [3.8, 4) is 0 Å². The van der Waals surface area contributed by atoms with E-state index in [1.54, 1.807) is 20.8 Å². The molecule has 1 unspecified atom stereocenters. The lowest BCUT2D eigenvalue weighted by Gasteiger charge is -2.17. The van der Waals surface area contributed by atoms with Crippen LogP contribution in [0.3, 0.4) is 0 Å². The molecule has 3 heteroatoms. The smallest absolute Gasteiger partial charge is 0.297 e. The van der Waals surface area contributed by atoms with Gasteiger partial charge in [-0.05, 0) is 34.1 Å². The Morgan fingerprint density at radius 2 is 1.92 bits per heavy atom. The highest BCUT2D eigenvalue weighted by molar-refractivity contribution is 5.74. The zero-order valence-corrected chi connectivity index (χ0v) is 9.22. The fourth-order valence-corrected chi connectivity index (χ4v) is 0.705. The Labute approximate surface area is 80.3 Å². The van der Waals surface area contributed by atoms with Crippen molar-refractivity contribution in [1.82, 2.24) is 0 Å². The van der Waals surface area contributed by atoms with Crippen molar-refractivity contribution in [2.75, 3.05) is 0 Å². The van der Waals surface area contributed by atoms with Gasteiger partial charge in [0.25, 0.3) is 0 Å². The molecule has 1 atom stereocenters. The Kier molecular flexibility index (Phi) is 4.99. The molecule has 0 radical (unpaired) electrons. The van der Waals surface area contributed by atoms with E-state index in [1.165, 1.54) is 0 Å². The number of carbonyl (C=O) groups is 1. The van der Waals surface area contributed by atoms with Gasteiger partial charge in [0, 0.05) is 0 Å². The normalized spacial score (nSPS) is 13.9. The van der Waals surface area contributed by atoms with E-state index in [-0.39, 0.29) is 12.1 Å². The Bertz CT molecular complexity index is 158. The highest BCUT2D eigenvalue weighted by atomic mass is 17.2. The van der Waals surface area contributed by atoms with E-state index in [9.17, 15) is 4.79 Å². The van der Waals surface area contributed by atoms with E-state index in [4.69, 9.17) is 4.89 Å². The first-order valence-electron chi connectivity index (χ1n) is 4.75. The molecular weight excluding hydrogens is 168 g/mol. The van der Waals surface area contributed by atoms with Crippen LogP contribution in [-0.4, -0.2) is 12.1 Å². The first kappa shape index (κ1) is 12.4. The molecule has 0 saturated heterocycles. The van der Waals surface area contributed by atoms with Crippen molar-refractivity contribution in [3.63, 3.8) is 0 Å². The summed E-state index contributed by atoms with van der Waals surface area (Å²) >= 11 is 0. The van der Waals surface area contributed by atoms with Crippen LogP contribution in [0.5, 0.6) is 0 Å². The van der Waals surface area contributed by atoms with Crippen molar-refractivity contribution < 1.29 is 14.6 Å².